The number of hydrogen-bond donors (Lipinski definition) is 2. The van der Waals surface area contributed by atoms with E-state index < -0.39 is 6.10 Å². The predicted molar refractivity (Wildman–Crippen MR) is 61.6 cm³/mol. The van der Waals surface area contributed by atoms with Crippen molar-refractivity contribution in [3.63, 3.8) is 0 Å². The van der Waals surface area contributed by atoms with E-state index in [9.17, 15) is 0 Å². The molecule has 0 aromatic rings. The lowest BCUT2D eigenvalue weighted by molar-refractivity contribution is 0.0319. The highest BCUT2D eigenvalue weighted by Crippen LogP contribution is 2.05. The number of aliphatic hydroxyl groups excluding tert-OH is 2. The molecule has 0 unspecified atom stereocenters. The summed E-state index contributed by atoms with van der Waals surface area (Å²) >= 11 is 0. The minimum atomic E-state index is -0.471. The SMILES string of the molecule is CCCCCCC/C=C/OC(CO)CO. The molecule has 0 aliphatic rings. The Bertz CT molecular complexity index is 142. The molecule has 90 valence electrons. The van der Waals surface area contributed by atoms with Crippen molar-refractivity contribution in [1.82, 2.24) is 0 Å². The number of unbranched alkanes of at least 4 members (excludes halogenated alkanes) is 5. The molecule has 0 heterocycles. The summed E-state index contributed by atoms with van der Waals surface area (Å²) in [6, 6.07) is 0. The molecule has 0 aliphatic carbocycles. The predicted octanol–water partition coefficient (Wildman–Crippen LogP) is 2.23. The van der Waals surface area contributed by atoms with Crippen molar-refractivity contribution in [2.45, 2.75) is 51.6 Å². The van der Waals surface area contributed by atoms with Crippen molar-refractivity contribution in [3.8, 4) is 0 Å². The summed E-state index contributed by atoms with van der Waals surface area (Å²) in [6.45, 7) is 1.92. The maximum absolute atomic E-state index is 8.71. The summed E-state index contributed by atoms with van der Waals surface area (Å²) in [5.41, 5.74) is 0. The van der Waals surface area contributed by atoms with Gasteiger partial charge < -0.3 is 14.9 Å². The van der Waals surface area contributed by atoms with Gasteiger partial charge in [-0.25, -0.2) is 0 Å². The number of aliphatic hydroxyl groups is 2. The molecule has 0 radical (unpaired) electrons. The van der Waals surface area contributed by atoms with Crippen molar-refractivity contribution in [1.29, 1.82) is 0 Å². The molecule has 0 atom stereocenters. The average molecular weight is 216 g/mol. The van der Waals surface area contributed by atoms with Gasteiger partial charge in [-0.15, -0.1) is 0 Å². The highest BCUT2D eigenvalue weighted by atomic mass is 16.5. The molecule has 2 N–H and O–H groups in total. The van der Waals surface area contributed by atoms with E-state index in [-0.39, 0.29) is 13.2 Å². The zero-order valence-corrected chi connectivity index (χ0v) is 9.69. The highest BCUT2D eigenvalue weighted by Gasteiger charge is 2.01. The van der Waals surface area contributed by atoms with Crippen molar-refractivity contribution < 1.29 is 14.9 Å². The van der Waals surface area contributed by atoms with Crippen molar-refractivity contribution in [3.05, 3.63) is 12.3 Å². The topological polar surface area (TPSA) is 49.7 Å². The molecule has 0 aromatic carbocycles. The second kappa shape index (κ2) is 11.5. The van der Waals surface area contributed by atoms with E-state index in [4.69, 9.17) is 14.9 Å². The van der Waals surface area contributed by atoms with Crippen LogP contribution in [0.25, 0.3) is 0 Å². The Hall–Kier alpha value is -0.540. The third-order valence-corrected chi connectivity index (χ3v) is 2.25. The summed E-state index contributed by atoms with van der Waals surface area (Å²) in [5.74, 6) is 0. The van der Waals surface area contributed by atoms with Crippen LogP contribution in [-0.2, 0) is 4.74 Å². The van der Waals surface area contributed by atoms with E-state index in [1.807, 2.05) is 6.08 Å². The third-order valence-electron chi connectivity index (χ3n) is 2.25. The van der Waals surface area contributed by atoms with Crippen LogP contribution in [0.2, 0.25) is 0 Å². The van der Waals surface area contributed by atoms with Gasteiger partial charge in [0.05, 0.1) is 19.5 Å². The normalized spacial score (nSPS) is 11.5. The van der Waals surface area contributed by atoms with Gasteiger partial charge in [-0.2, -0.15) is 0 Å². The Labute approximate surface area is 92.8 Å². The van der Waals surface area contributed by atoms with Crippen LogP contribution in [0.5, 0.6) is 0 Å². The van der Waals surface area contributed by atoms with Crippen LogP contribution < -0.4 is 0 Å². The van der Waals surface area contributed by atoms with Crippen LogP contribution in [0.1, 0.15) is 45.4 Å². The third kappa shape index (κ3) is 9.76. The summed E-state index contributed by atoms with van der Waals surface area (Å²) in [7, 11) is 0. The molecule has 0 aromatic heterocycles. The fraction of sp³-hybridized carbons (Fsp3) is 0.833. The minimum Gasteiger partial charge on any atom is -0.494 e. The van der Waals surface area contributed by atoms with Gasteiger partial charge in [0, 0.05) is 0 Å². The molecule has 0 bridgehead atoms. The van der Waals surface area contributed by atoms with E-state index >= 15 is 0 Å². The Morgan fingerprint density at radius 2 is 1.73 bits per heavy atom. The first-order chi connectivity index (χ1) is 7.35. The molecule has 0 saturated carbocycles. The first-order valence-corrected chi connectivity index (χ1v) is 5.87. The molecule has 3 heteroatoms. The first kappa shape index (κ1) is 14.5. The zero-order valence-electron chi connectivity index (χ0n) is 9.69. The van der Waals surface area contributed by atoms with Gasteiger partial charge in [0.2, 0.25) is 0 Å². The Morgan fingerprint density at radius 3 is 2.33 bits per heavy atom. The average Bonchev–Trinajstić information content (AvgIpc) is 2.27. The van der Waals surface area contributed by atoms with Crippen molar-refractivity contribution in [2.24, 2.45) is 0 Å². The maximum atomic E-state index is 8.71. The molecule has 0 fully saturated rings. The molecule has 3 nitrogen and oxygen atoms in total. The molecule has 0 amide bonds. The monoisotopic (exact) mass is 216 g/mol. The molecule has 0 saturated heterocycles. The second-order valence-corrected chi connectivity index (χ2v) is 3.70. The zero-order chi connectivity index (χ0) is 11.4. The highest BCUT2D eigenvalue weighted by molar-refractivity contribution is 4.74. The Balaban J connectivity index is 3.23. The van der Waals surface area contributed by atoms with Crippen molar-refractivity contribution in [2.75, 3.05) is 13.2 Å². The van der Waals surface area contributed by atoms with Crippen LogP contribution in [0.4, 0.5) is 0 Å². The Morgan fingerprint density at radius 1 is 1.07 bits per heavy atom. The van der Waals surface area contributed by atoms with Gasteiger partial charge in [0.15, 0.2) is 0 Å². The summed E-state index contributed by atoms with van der Waals surface area (Å²) in [5, 5.41) is 17.4. The summed E-state index contributed by atoms with van der Waals surface area (Å²) in [4.78, 5) is 0. The lowest BCUT2D eigenvalue weighted by Crippen LogP contribution is -2.19. The van der Waals surface area contributed by atoms with Gasteiger partial charge in [0.25, 0.3) is 0 Å². The lowest BCUT2D eigenvalue weighted by Gasteiger charge is -2.09. The smallest absolute Gasteiger partial charge is 0.144 e. The minimum absolute atomic E-state index is 0.142. The standard InChI is InChI=1S/C12H24O3/c1-2-3-4-5-6-7-8-9-15-12(10-13)11-14/h8-9,12-14H,2-7,10-11H2,1H3/b9-8+. The number of allylic oxidation sites excluding steroid dienone is 1. The van der Waals surface area contributed by atoms with Crippen LogP contribution >= 0.6 is 0 Å². The van der Waals surface area contributed by atoms with Gasteiger partial charge in [-0.05, 0) is 18.9 Å². The fourth-order valence-corrected chi connectivity index (χ4v) is 1.24. The van der Waals surface area contributed by atoms with Gasteiger partial charge in [-0.1, -0.05) is 32.6 Å². The number of hydrogen-bond acceptors (Lipinski definition) is 3. The fourth-order valence-electron chi connectivity index (χ4n) is 1.24. The van der Waals surface area contributed by atoms with E-state index in [2.05, 4.69) is 6.92 Å². The molecule has 0 aliphatic heterocycles. The molecular formula is C12H24O3. The van der Waals surface area contributed by atoms with Crippen LogP contribution in [0, 0.1) is 0 Å². The van der Waals surface area contributed by atoms with Crippen LogP contribution in [0.15, 0.2) is 12.3 Å². The molecule has 0 rings (SSSR count). The quantitative estimate of drug-likeness (QED) is 0.435. The van der Waals surface area contributed by atoms with Crippen LogP contribution in [-0.4, -0.2) is 29.5 Å². The van der Waals surface area contributed by atoms with Crippen molar-refractivity contribution >= 4 is 0 Å². The number of ether oxygens (including phenoxy) is 1. The van der Waals surface area contributed by atoms with Gasteiger partial charge in [-0.3, -0.25) is 0 Å². The van der Waals surface area contributed by atoms with E-state index in [0.29, 0.717) is 0 Å². The lowest BCUT2D eigenvalue weighted by atomic mass is 10.1. The van der Waals surface area contributed by atoms with E-state index in [0.717, 1.165) is 6.42 Å². The second-order valence-electron chi connectivity index (χ2n) is 3.70. The van der Waals surface area contributed by atoms with Crippen LogP contribution in [0.3, 0.4) is 0 Å². The van der Waals surface area contributed by atoms with Gasteiger partial charge >= 0.3 is 0 Å². The summed E-state index contributed by atoms with van der Waals surface area (Å²) < 4.78 is 5.09. The maximum Gasteiger partial charge on any atom is 0.144 e. The Kier molecular flexibility index (Phi) is 11.1. The molecule has 15 heavy (non-hydrogen) atoms. The largest absolute Gasteiger partial charge is 0.494 e. The molecular weight excluding hydrogens is 192 g/mol. The van der Waals surface area contributed by atoms with E-state index in [1.54, 1.807) is 6.26 Å². The first-order valence-electron chi connectivity index (χ1n) is 5.87. The number of rotatable bonds is 10. The van der Waals surface area contributed by atoms with Gasteiger partial charge in [0.1, 0.15) is 6.10 Å². The molecule has 0 spiro atoms. The van der Waals surface area contributed by atoms with E-state index in [1.165, 1.54) is 32.1 Å². The summed E-state index contributed by atoms with van der Waals surface area (Å²) in [6.07, 6.45) is 10.4.